The van der Waals surface area contributed by atoms with Gasteiger partial charge >= 0.3 is 0 Å². The van der Waals surface area contributed by atoms with Crippen LogP contribution < -0.4 is 14.2 Å². The van der Waals surface area contributed by atoms with Crippen LogP contribution in [0.15, 0.2) is 42.5 Å². The van der Waals surface area contributed by atoms with Crippen molar-refractivity contribution in [1.29, 1.82) is 0 Å². The molecule has 3 nitrogen and oxygen atoms in total. The standard InChI is InChI=1S/C16H17ClO3/c1-18-13-9-12(10-14(19-2)16(13)20-3)15(17)11-7-5-4-6-8-11/h4-10,15H,1-3H3. The zero-order valence-electron chi connectivity index (χ0n) is 11.7. The van der Waals surface area contributed by atoms with Crippen LogP contribution in [0.5, 0.6) is 17.2 Å². The summed E-state index contributed by atoms with van der Waals surface area (Å²) in [4.78, 5) is 0. The second kappa shape index (κ2) is 6.53. The van der Waals surface area contributed by atoms with Gasteiger partial charge < -0.3 is 14.2 Å². The van der Waals surface area contributed by atoms with Crippen LogP contribution in [0.1, 0.15) is 16.5 Å². The van der Waals surface area contributed by atoms with Gasteiger partial charge in [-0.1, -0.05) is 30.3 Å². The van der Waals surface area contributed by atoms with E-state index < -0.39 is 0 Å². The first-order valence-corrected chi connectivity index (χ1v) is 6.63. The molecule has 0 bridgehead atoms. The van der Waals surface area contributed by atoms with E-state index in [-0.39, 0.29) is 5.38 Å². The molecule has 106 valence electrons. The third-order valence-electron chi connectivity index (χ3n) is 3.07. The van der Waals surface area contributed by atoms with Crippen molar-refractivity contribution in [3.05, 3.63) is 53.6 Å². The molecule has 20 heavy (non-hydrogen) atoms. The first-order valence-electron chi connectivity index (χ1n) is 6.20. The van der Waals surface area contributed by atoms with Crippen molar-refractivity contribution < 1.29 is 14.2 Å². The Bertz CT molecular complexity index is 544. The topological polar surface area (TPSA) is 27.7 Å². The number of alkyl halides is 1. The molecular weight excluding hydrogens is 276 g/mol. The van der Waals surface area contributed by atoms with Crippen LogP contribution >= 0.6 is 11.6 Å². The minimum Gasteiger partial charge on any atom is -0.493 e. The van der Waals surface area contributed by atoms with Crippen LogP contribution in [0, 0.1) is 0 Å². The highest BCUT2D eigenvalue weighted by atomic mass is 35.5. The van der Waals surface area contributed by atoms with Crippen LogP contribution in [0.2, 0.25) is 0 Å². The molecule has 0 aliphatic rings. The van der Waals surface area contributed by atoms with E-state index in [9.17, 15) is 0 Å². The van der Waals surface area contributed by atoms with Gasteiger partial charge in [0.15, 0.2) is 11.5 Å². The van der Waals surface area contributed by atoms with Gasteiger partial charge in [-0.2, -0.15) is 0 Å². The molecule has 1 atom stereocenters. The number of rotatable bonds is 5. The summed E-state index contributed by atoms with van der Waals surface area (Å²) in [6.07, 6.45) is 0. The fourth-order valence-electron chi connectivity index (χ4n) is 2.06. The molecule has 2 aromatic rings. The molecule has 0 aliphatic carbocycles. The predicted octanol–water partition coefficient (Wildman–Crippen LogP) is 4.04. The maximum Gasteiger partial charge on any atom is 0.203 e. The van der Waals surface area contributed by atoms with E-state index in [1.807, 2.05) is 42.5 Å². The van der Waals surface area contributed by atoms with E-state index in [1.54, 1.807) is 21.3 Å². The molecule has 0 heterocycles. The van der Waals surface area contributed by atoms with E-state index >= 15 is 0 Å². The van der Waals surface area contributed by atoms with Gasteiger partial charge in [0.05, 0.1) is 26.7 Å². The van der Waals surface area contributed by atoms with Crippen molar-refractivity contribution in [3.63, 3.8) is 0 Å². The Balaban J connectivity index is 2.47. The van der Waals surface area contributed by atoms with Crippen molar-refractivity contribution >= 4 is 11.6 Å². The Kier molecular flexibility index (Phi) is 4.74. The number of hydrogen-bond acceptors (Lipinski definition) is 3. The average molecular weight is 293 g/mol. The maximum atomic E-state index is 6.53. The van der Waals surface area contributed by atoms with Gasteiger partial charge in [-0.15, -0.1) is 11.6 Å². The fraction of sp³-hybridized carbons (Fsp3) is 0.250. The molecule has 0 saturated heterocycles. The van der Waals surface area contributed by atoms with Gasteiger partial charge in [0.2, 0.25) is 5.75 Å². The van der Waals surface area contributed by atoms with Crippen LogP contribution in [0.3, 0.4) is 0 Å². The van der Waals surface area contributed by atoms with Gasteiger partial charge in [0, 0.05) is 0 Å². The Morgan fingerprint density at radius 3 is 1.80 bits per heavy atom. The minimum atomic E-state index is -0.273. The fourth-order valence-corrected chi connectivity index (χ4v) is 2.33. The smallest absolute Gasteiger partial charge is 0.203 e. The highest BCUT2D eigenvalue weighted by Crippen LogP contribution is 2.42. The summed E-state index contributed by atoms with van der Waals surface area (Å²) in [6, 6.07) is 13.6. The second-order valence-corrected chi connectivity index (χ2v) is 4.67. The maximum absolute atomic E-state index is 6.53. The molecule has 0 fully saturated rings. The number of halogens is 1. The second-order valence-electron chi connectivity index (χ2n) is 4.23. The Morgan fingerprint density at radius 2 is 1.35 bits per heavy atom. The molecular formula is C16H17ClO3. The zero-order chi connectivity index (χ0) is 14.5. The summed E-state index contributed by atoms with van der Waals surface area (Å²) in [5, 5.41) is -0.273. The molecule has 0 amide bonds. The highest BCUT2D eigenvalue weighted by molar-refractivity contribution is 6.22. The monoisotopic (exact) mass is 292 g/mol. The van der Waals surface area contributed by atoms with E-state index in [1.165, 1.54) is 0 Å². The molecule has 2 rings (SSSR count). The largest absolute Gasteiger partial charge is 0.493 e. The van der Waals surface area contributed by atoms with Crippen LogP contribution in [0.4, 0.5) is 0 Å². The normalized spacial score (nSPS) is 11.8. The molecule has 0 aromatic heterocycles. The van der Waals surface area contributed by atoms with E-state index in [2.05, 4.69) is 0 Å². The molecule has 0 saturated carbocycles. The molecule has 0 radical (unpaired) electrons. The SMILES string of the molecule is COc1cc(C(Cl)c2ccccc2)cc(OC)c1OC. The lowest BCUT2D eigenvalue weighted by molar-refractivity contribution is 0.324. The third-order valence-corrected chi connectivity index (χ3v) is 3.58. The summed E-state index contributed by atoms with van der Waals surface area (Å²) in [5.41, 5.74) is 1.91. The summed E-state index contributed by atoms with van der Waals surface area (Å²) in [5.74, 6) is 1.77. The van der Waals surface area contributed by atoms with Gasteiger partial charge in [-0.3, -0.25) is 0 Å². The average Bonchev–Trinajstić information content (AvgIpc) is 2.53. The summed E-state index contributed by atoms with van der Waals surface area (Å²) in [7, 11) is 4.76. The number of methoxy groups -OCH3 is 3. The lowest BCUT2D eigenvalue weighted by Crippen LogP contribution is -1.99. The molecule has 2 aromatic carbocycles. The van der Waals surface area contributed by atoms with Crippen LogP contribution in [-0.4, -0.2) is 21.3 Å². The van der Waals surface area contributed by atoms with Crippen molar-refractivity contribution in [2.75, 3.05) is 21.3 Å². The number of benzene rings is 2. The molecule has 1 unspecified atom stereocenters. The lowest BCUT2D eigenvalue weighted by atomic mass is 10.0. The summed E-state index contributed by atoms with van der Waals surface area (Å²) < 4.78 is 16.0. The predicted molar refractivity (Wildman–Crippen MR) is 80.2 cm³/mol. The van der Waals surface area contributed by atoms with Gasteiger partial charge in [-0.25, -0.2) is 0 Å². The molecule has 0 spiro atoms. The van der Waals surface area contributed by atoms with Crippen molar-refractivity contribution in [2.24, 2.45) is 0 Å². The highest BCUT2D eigenvalue weighted by Gasteiger charge is 2.18. The number of hydrogen-bond donors (Lipinski definition) is 0. The molecule has 0 N–H and O–H groups in total. The summed E-state index contributed by atoms with van der Waals surface area (Å²) in [6.45, 7) is 0. The summed E-state index contributed by atoms with van der Waals surface area (Å²) >= 11 is 6.53. The van der Waals surface area contributed by atoms with E-state index in [0.29, 0.717) is 17.2 Å². The Hall–Kier alpha value is -1.87. The Morgan fingerprint density at radius 1 is 0.800 bits per heavy atom. The van der Waals surface area contributed by atoms with Crippen LogP contribution in [0.25, 0.3) is 0 Å². The van der Waals surface area contributed by atoms with Crippen LogP contribution in [-0.2, 0) is 0 Å². The third kappa shape index (κ3) is 2.83. The van der Waals surface area contributed by atoms with Gasteiger partial charge in [0.25, 0.3) is 0 Å². The van der Waals surface area contributed by atoms with Gasteiger partial charge in [0.1, 0.15) is 0 Å². The quantitative estimate of drug-likeness (QED) is 0.779. The molecule has 0 aliphatic heterocycles. The first-order chi connectivity index (χ1) is 9.71. The number of ether oxygens (including phenoxy) is 3. The first kappa shape index (κ1) is 14.5. The van der Waals surface area contributed by atoms with E-state index in [0.717, 1.165) is 11.1 Å². The lowest BCUT2D eigenvalue weighted by Gasteiger charge is -2.17. The minimum absolute atomic E-state index is 0.273. The van der Waals surface area contributed by atoms with E-state index in [4.69, 9.17) is 25.8 Å². The van der Waals surface area contributed by atoms with Crippen molar-refractivity contribution in [1.82, 2.24) is 0 Å². The van der Waals surface area contributed by atoms with Crippen molar-refractivity contribution in [2.45, 2.75) is 5.38 Å². The van der Waals surface area contributed by atoms with Crippen molar-refractivity contribution in [3.8, 4) is 17.2 Å². The zero-order valence-corrected chi connectivity index (χ0v) is 12.5. The van der Waals surface area contributed by atoms with Gasteiger partial charge in [-0.05, 0) is 23.3 Å². The Labute approximate surface area is 124 Å². The molecule has 4 heteroatoms.